The highest BCUT2D eigenvalue weighted by molar-refractivity contribution is 9.10. The predicted molar refractivity (Wildman–Crippen MR) is 68.0 cm³/mol. The highest BCUT2D eigenvalue weighted by atomic mass is 79.9. The maximum absolute atomic E-state index is 4.24. The minimum Gasteiger partial charge on any atom is -0.245 e. The Morgan fingerprint density at radius 3 is 2.27 bits per heavy atom. The number of benzene rings is 1. The second-order valence-electron chi connectivity index (χ2n) is 2.73. The molecule has 0 unspecified atom stereocenters. The third-order valence-electron chi connectivity index (χ3n) is 1.63. The van der Waals surface area contributed by atoms with E-state index in [2.05, 4.69) is 41.8 Å². The van der Waals surface area contributed by atoms with Gasteiger partial charge in [-0.3, -0.25) is 0 Å². The van der Waals surface area contributed by atoms with Gasteiger partial charge >= 0.3 is 0 Å². The molecular weight excluding hydrogens is 340 g/mol. The zero-order chi connectivity index (χ0) is 10.7. The lowest BCUT2D eigenvalue weighted by Gasteiger charge is -2.00. The van der Waals surface area contributed by atoms with Gasteiger partial charge in [-0.05, 0) is 40.2 Å². The minimum atomic E-state index is 0.752. The standard InChI is InChI=1S/C10H6Br2N2S/c11-7-1-3-8(4-2-7)15-10-6-13-9(12)5-14-10/h1-6H. The van der Waals surface area contributed by atoms with E-state index >= 15 is 0 Å². The van der Waals surface area contributed by atoms with E-state index in [0.29, 0.717) is 0 Å². The molecule has 0 fully saturated rings. The summed E-state index contributed by atoms with van der Waals surface area (Å²) in [6, 6.07) is 8.10. The molecule has 76 valence electrons. The van der Waals surface area contributed by atoms with Crippen molar-refractivity contribution in [2.45, 2.75) is 9.92 Å². The van der Waals surface area contributed by atoms with Crippen LogP contribution in [0.15, 0.2) is 55.7 Å². The second-order valence-corrected chi connectivity index (χ2v) is 5.56. The lowest BCUT2D eigenvalue weighted by atomic mass is 10.4. The summed E-state index contributed by atoms with van der Waals surface area (Å²) in [6.07, 6.45) is 3.44. The Hall–Kier alpha value is -0.390. The fourth-order valence-electron chi connectivity index (χ4n) is 0.977. The van der Waals surface area contributed by atoms with Crippen molar-refractivity contribution in [3.05, 3.63) is 45.7 Å². The molecule has 0 aliphatic heterocycles. The first kappa shape index (κ1) is 11.1. The van der Waals surface area contributed by atoms with Gasteiger partial charge < -0.3 is 0 Å². The van der Waals surface area contributed by atoms with Gasteiger partial charge in [0, 0.05) is 9.37 Å². The van der Waals surface area contributed by atoms with E-state index in [-0.39, 0.29) is 0 Å². The predicted octanol–water partition coefficient (Wildman–Crippen LogP) is 4.15. The molecule has 5 heteroatoms. The van der Waals surface area contributed by atoms with Gasteiger partial charge in [0.1, 0.15) is 9.63 Å². The highest BCUT2D eigenvalue weighted by Crippen LogP contribution is 2.26. The SMILES string of the molecule is Brc1ccc(Sc2cnc(Br)cn2)cc1. The molecule has 0 radical (unpaired) electrons. The quantitative estimate of drug-likeness (QED) is 0.817. The van der Waals surface area contributed by atoms with Crippen molar-refractivity contribution in [1.29, 1.82) is 0 Å². The van der Waals surface area contributed by atoms with E-state index in [1.165, 1.54) is 0 Å². The summed E-state index contributed by atoms with van der Waals surface area (Å²) in [5.41, 5.74) is 0. The van der Waals surface area contributed by atoms with Gasteiger partial charge in [-0.1, -0.05) is 27.7 Å². The van der Waals surface area contributed by atoms with Crippen LogP contribution in [0.4, 0.5) is 0 Å². The molecule has 0 amide bonds. The molecule has 0 saturated carbocycles. The van der Waals surface area contributed by atoms with Gasteiger partial charge in [-0.15, -0.1) is 0 Å². The summed E-state index contributed by atoms with van der Waals surface area (Å²) in [6.45, 7) is 0. The smallest absolute Gasteiger partial charge is 0.124 e. The molecule has 1 aromatic carbocycles. The van der Waals surface area contributed by atoms with Crippen LogP contribution in [0, 0.1) is 0 Å². The van der Waals surface area contributed by atoms with Crippen molar-refractivity contribution < 1.29 is 0 Å². The Kier molecular flexibility index (Phi) is 3.77. The van der Waals surface area contributed by atoms with E-state index in [0.717, 1.165) is 19.0 Å². The molecule has 0 aliphatic carbocycles. The van der Waals surface area contributed by atoms with Crippen LogP contribution < -0.4 is 0 Å². The van der Waals surface area contributed by atoms with Crippen LogP contribution >= 0.6 is 43.6 Å². The van der Waals surface area contributed by atoms with E-state index < -0.39 is 0 Å². The van der Waals surface area contributed by atoms with Crippen LogP contribution in [-0.2, 0) is 0 Å². The van der Waals surface area contributed by atoms with E-state index in [9.17, 15) is 0 Å². The number of halogens is 2. The maximum atomic E-state index is 4.24. The second kappa shape index (κ2) is 5.09. The van der Waals surface area contributed by atoms with E-state index in [1.807, 2.05) is 24.3 Å². The Bertz CT molecular complexity index is 398. The van der Waals surface area contributed by atoms with Crippen LogP contribution in [0.1, 0.15) is 0 Å². The number of aromatic nitrogens is 2. The van der Waals surface area contributed by atoms with Gasteiger partial charge in [0.15, 0.2) is 0 Å². The number of rotatable bonds is 2. The molecule has 1 heterocycles. The fourth-order valence-corrected chi connectivity index (χ4v) is 2.17. The first-order valence-corrected chi connectivity index (χ1v) is 6.55. The third kappa shape index (κ3) is 3.29. The average Bonchev–Trinajstić information content (AvgIpc) is 2.25. The molecule has 0 atom stereocenters. The summed E-state index contributed by atoms with van der Waals surface area (Å²) in [7, 11) is 0. The van der Waals surface area contributed by atoms with Crippen LogP contribution in [-0.4, -0.2) is 9.97 Å². The average molecular weight is 346 g/mol. The van der Waals surface area contributed by atoms with Crippen molar-refractivity contribution >= 4 is 43.6 Å². The zero-order valence-electron chi connectivity index (χ0n) is 7.52. The molecule has 0 saturated heterocycles. The van der Waals surface area contributed by atoms with Crippen LogP contribution in [0.3, 0.4) is 0 Å². The van der Waals surface area contributed by atoms with E-state index in [1.54, 1.807) is 24.2 Å². The van der Waals surface area contributed by atoms with Gasteiger partial charge in [0.25, 0.3) is 0 Å². The summed E-state index contributed by atoms with van der Waals surface area (Å²) in [5.74, 6) is 0. The Morgan fingerprint density at radius 2 is 1.67 bits per heavy atom. The summed E-state index contributed by atoms with van der Waals surface area (Å²) >= 11 is 8.24. The first-order chi connectivity index (χ1) is 7.24. The molecule has 2 nitrogen and oxygen atoms in total. The largest absolute Gasteiger partial charge is 0.245 e. The third-order valence-corrected chi connectivity index (χ3v) is 3.50. The zero-order valence-corrected chi connectivity index (χ0v) is 11.5. The van der Waals surface area contributed by atoms with Crippen LogP contribution in [0.25, 0.3) is 0 Å². The lowest BCUT2D eigenvalue weighted by molar-refractivity contribution is 1.03. The molecule has 2 aromatic rings. The monoisotopic (exact) mass is 344 g/mol. The minimum absolute atomic E-state index is 0.752. The summed E-state index contributed by atoms with van der Waals surface area (Å²) in [4.78, 5) is 9.50. The number of nitrogens with zero attached hydrogens (tertiary/aromatic N) is 2. The van der Waals surface area contributed by atoms with Gasteiger partial charge in [0.2, 0.25) is 0 Å². The van der Waals surface area contributed by atoms with Crippen molar-refractivity contribution in [1.82, 2.24) is 9.97 Å². The van der Waals surface area contributed by atoms with Gasteiger partial charge in [-0.25, -0.2) is 9.97 Å². The Morgan fingerprint density at radius 1 is 0.933 bits per heavy atom. The van der Waals surface area contributed by atoms with E-state index in [4.69, 9.17) is 0 Å². The molecule has 0 spiro atoms. The Labute approximate surface area is 109 Å². The highest BCUT2D eigenvalue weighted by Gasteiger charge is 1.99. The number of hydrogen-bond acceptors (Lipinski definition) is 3. The van der Waals surface area contributed by atoms with Crippen molar-refractivity contribution in [2.75, 3.05) is 0 Å². The Balaban J connectivity index is 2.15. The summed E-state index contributed by atoms with van der Waals surface area (Å²) < 4.78 is 1.83. The lowest BCUT2D eigenvalue weighted by Crippen LogP contribution is -1.82. The van der Waals surface area contributed by atoms with Gasteiger partial charge in [0.05, 0.1) is 12.4 Å². The number of hydrogen-bond donors (Lipinski definition) is 0. The van der Waals surface area contributed by atoms with Crippen molar-refractivity contribution in [3.63, 3.8) is 0 Å². The van der Waals surface area contributed by atoms with Crippen LogP contribution in [0.5, 0.6) is 0 Å². The first-order valence-electron chi connectivity index (χ1n) is 4.15. The molecule has 0 bridgehead atoms. The molecular formula is C10H6Br2N2S. The molecule has 2 rings (SSSR count). The maximum Gasteiger partial charge on any atom is 0.124 e. The van der Waals surface area contributed by atoms with Gasteiger partial charge in [-0.2, -0.15) is 0 Å². The molecule has 0 aliphatic rings. The summed E-state index contributed by atoms with van der Waals surface area (Å²) in [5, 5.41) is 0.889. The van der Waals surface area contributed by atoms with Crippen molar-refractivity contribution in [2.24, 2.45) is 0 Å². The normalized spacial score (nSPS) is 10.3. The molecule has 0 N–H and O–H groups in total. The topological polar surface area (TPSA) is 25.8 Å². The molecule has 1 aromatic heterocycles. The fraction of sp³-hybridized carbons (Fsp3) is 0. The van der Waals surface area contributed by atoms with Crippen molar-refractivity contribution in [3.8, 4) is 0 Å². The van der Waals surface area contributed by atoms with Crippen LogP contribution in [0.2, 0.25) is 0 Å². The molecule has 15 heavy (non-hydrogen) atoms.